The van der Waals surface area contributed by atoms with E-state index in [9.17, 15) is 29.6 Å². The highest BCUT2D eigenvalue weighted by Crippen LogP contribution is 2.47. The van der Waals surface area contributed by atoms with E-state index in [1.165, 1.54) is 0 Å². The van der Waals surface area contributed by atoms with E-state index in [0.717, 1.165) is 12.1 Å². The molecule has 7 nitrogen and oxygen atoms in total. The minimum atomic E-state index is -0.724. The van der Waals surface area contributed by atoms with Crippen LogP contribution >= 0.6 is 23.2 Å². The number of hydrogen-bond acceptors (Lipinski definition) is 6. The second-order valence-corrected chi connectivity index (χ2v) is 10.7. The van der Waals surface area contributed by atoms with Gasteiger partial charge in [0.25, 0.3) is 5.69 Å². The summed E-state index contributed by atoms with van der Waals surface area (Å²) in [6.45, 7) is 7.18. The third-order valence-electron chi connectivity index (χ3n) is 5.69. The highest BCUT2D eigenvalue weighted by molar-refractivity contribution is 6.39. The molecule has 0 radical (unpaired) electrons. The van der Waals surface area contributed by atoms with Crippen LogP contribution < -0.4 is 0 Å². The fourth-order valence-corrected chi connectivity index (χ4v) is 4.92. The van der Waals surface area contributed by atoms with Crippen LogP contribution in [-0.2, 0) is 14.4 Å². The van der Waals surface area contributed by atoms with Gasteiger partial charge in [-0.05, 0) is 16.9 Å². The van der Waals surface area contributed by atoms with E-state index >= 15 is 0 Å². The first-order valence-corrected chi connectivity index (χ1v) is 10.8. The molecule has 170 valence electrons. The summed E-state index contributed by atoms with van der Waals surface area (Å²) in [4.78, 5) is 50.1. The van der Waals surface area contributed by atoms with E-state index in [1.807, 2.05) is 13.8 Å². The van der Waals surface area contributed by atoms with Crippen LogP contribution in [0, 0.1) is 20.9 Å². The Morgan fingerprint density at radius 3 is 1.91 bits per heavy atom. The molecule has 1 aromatic rings. The number of rotatable bonds is 3. The Hall–Kier alpha value is -2.51. The molecule has 0 unspecified atom stereocenters. The first kappa shape index (κ1) is 24.1. The van der Waals surface area contributed by atoms with Crippen LogP contribution in [0.15, 0.2) is 29.0 Å². The average molecular weight is 480 g/mol. The Bertz CT molecular complexity index is 1120. The number of nitro groups is 1. The predicted octanol–water partition coefficient (Wildman–Crippen LogP) is 5.81. The molecule has 0 bridgehead atoms. The summed E-state index contributed by atoms with van der Waals surface area (Å²) in [6.07, 6.45) is 0.271. The van der Waals surface area contributed by atoms with E-state index < -0.39 is 38.8 Å². The van der Waals surface area contributed by atoms with Gasteiger partial charge in [-0.1, -0.05) is 50.9 Å². The van der Waals surface area contributed by atoms with E-state index in [0.29, 0.717) is 0 Å². The van der Waals surface area contributed by atoms with Crippen LogP contribution in [0.2, 0.25) is 10.0 Å². The van der Waals surface area contributed by atoms with Crippen LogP contribution in [0.1, 0.15) is 58.9 Å². The van der Waals surface area contributed by atoms with Crippen LogP contribution in [-0.4, -0.2) is 27.4 Å². The van der Waals surface area contributed by atoms with Crippen LogP contribution in [0.3, 0.4) is 0 Å². The number of aliphatic hydroxyl groups is 1. The molecule has 0 aromatic heterocycles. The second kappa shape index (κ2) is 8.12. The fraction of sp³-hybridized carbons (Fsp3) is 0.435. The molecule has 1 aromatic carbocycles. The maximum atomic E-state index is 13.1. The molecular formula is C23H23Cl2NO6. The summed E-state index contributed by atoms with van der Waals surface area (Å²) in [7, 11) is 0. The zero-order valence-corrected chi connectivity index (χ0v) is 19.7. The van der Waals surface area contributed by atoms with Crippen molar-refractivity contribution in [2.75, 3.05) is 0 Å². The van der Waals surface area contributed by atoms with Gasteiger partial charge in [-0.2, -0.15) is 0 Å². The van der Waals surface area contributed by atoms with Gasteiger partial charge in [-0.25, -0.2) is 0 Å². The molecule has 3 rings (SSSR count). The zero-order valence-electron chi connectivity index (χ0n) is 18.2. The SMILES string of the molecule is CC1(C)CC(=O)C(=C(C2=C(O)CC(C)(C)CC2=O)c2cc([N+](=O)[O-])c(Cl)cc2Cl)C(=O)C1. The monoisotopic (exact) mass is 479 g/mol. The second-order valence-electron chi connectivity index (χ2n) is 9.92. The number of hydrogen-bond donors (Lipinski definition) is 1. The topological polar surface area (TPSA) is 115 Å². The summed E-state index contributed by atoms with van der Waals surface area (Å²) in [5, 5.41) is 22.0. The van der Waals surface area contributed by atoms with Crippen molar-refractivity contribution in [2.45, 2.75) is 53.4 Å². The Balaban J connectivity index is 2.42. The summed E-state index contributed by atoms with van der Waals surface area (Å²) < 4.78 is 0. The lowest BCUT2D eigenvalue weighted by Gasteiger charge is -2.33. The van der Waals surface area contributed by atoms with Crippen molar-refractivity contribution in [3.8, 4) is 0 Å². The van der Waals surface area contributed by atoms with Crippen LogP contribution in [0.5, 0.6) is 0 Å². The Morgan fingerprint density at radius 1 is 0.906 bits per heavy atom. The number of nitro benzene ring substituents is 1. The number of aliphatic hydroxyl groups excluding tert-OH is 1. The normalized spacial score (nSPS) is 20.6. The van der Waals surface area contributed by atoms with Crippen molar-refractivity contribution < 1.29 is 24.4 Å². The molecule has 32 heavy (non-hydrogen) atoms. The summed E-state index contributed by atoms with van der Waals surface area (Å²) in [6, 6.07) is 2.17. The minimum Gasteiger partial charge on any atom is -0.512 e. The van der Waals surface area contributed by atoms with Crippen LogP contribution in [0.25, 0.3) is 5.57 Å². The van der Waals surface area contributed by atoms with Crippen molar-refractivity contribution in [3.05, 3.63) is 54.8 Å². The van der Waals surface area contributed by atoms with Gasteiger partial charge in [0.05, 0.1) is 21.1 Å². The Kier molecular flexibility index (Phi) is 6.13. The number of carbonyl (C=O) groups excluding carboxylic acids is 3. The Morgan fingerprint density at radius 2 is 1.41 bits per heavy atom. The molecule has 2 aliphatic rings. The van der Waals surface area contributed by atoms with Crippen molar-refractivity contribution in [3.63, 3.8) is 0 Å². The number of nitrogens with zero attached hydrogens (tertiary/aromatic N) is 1. The van der Waals surface area contributed by atoms with Gasteiger partial charge >= 0.3 is 0 Å². The maximum Gasteiger partial charge on any atom is 0.288 e. The van der Waals surface area contributed by atoms with Gasteiger partial charge in [0.2, 0.25) is 0 Å². The van der Waals surface area contributed by atoms with Crippen molar-refractivity contribution >= 4 is 51.8 Å². The molecule has 0 aliphatic heterocycles. The van der Waals surface area contributed by atoms with Gasteiger partial charge in [-0.3, -0.25) is 24.5 Å². The van der Waals surface area contributed by atoms with E-state index in [-0.39, 0.29) is 63.8 Å². The largest absolute Gasteiger partial charge is 0.512 e. The molecule has 0 spiro atoms. The lowest BCUT2D eigenvalue weighted by Crippen LogP contribution is -2.34. The summed E-state index contributed by atoms with van der Waals surface area (Å²) in [5.41, 5.74) is -2.28. The average Bonchev–Trinajstić information content (AvgIpc) is 2.57. The zero-order chi connectivity index (χ0) is 24.2. The summed E-state index contributed by atoms with van der Waals surface area (Å²) >= 11 is 12.3. The number of allylic oxidation sites excluding steroid dienone is 4. The first-order valence-electron chi connectivity index (χ1n) is 10.0. The lowest BCUT2D eigenvalue weighted by atomic mass is 9.69. The number of ketones is 3. The molecule has 1 N–H and O–H groups in total. The standard InChI is InChI=1S/C23H23Cl2NO6/c1-22(2)7-15(27)20(16(28)8-22)19(21-17(29)9-23(3,4)10-18(21)30)11-5-14(26(31)32)13(25)6-12(11)24/h5-6,27H,7-10H2,1-4H3. The fourth-order valence-electron chi connectivity index (χ4n) is 4.38. The van der Waals surface area contributed by atoms with E-state index in [2.05, 4.69) is 0 Å². The van der Waals surface area contributed by atoms with Gasteiger partial charge in [-0.15, -0.1) is 0 Å². The van der Waals surface area contributed by atoms with Crippen molar-refractivity contribution in [1.82, 2.24) is 0 Å². The van der Waals surface area contributed by atoms with Gasteiger partial charge in [0.1, 0.15) is 10.8 Å². The summed E-state index contributed by atoms with van der Waals surface area (Å²) in [5.74, 6) is -1.77. The first-order chi connectivity index (χ1) is 14.6. The van der Waals surface area contributed by atoms with Crippen molar-refractivity contribution in [2.24, 2.45) is 10.8 Å². The minimum absolute atomic E-state index is 0.0403. The molecule has 0 amide bonds. The molecule has 1 fully saturated rings. The lowest BCUT2D eigenvalue weighted by molar-refractivity contribution is -0.384. The quantitative estimate of drug-likeness (QED) is 0.253. The van der Waals surface area contributed by atoms with Crippen molar-refractivity contribution in [1.29, 1.82) is 0 Å². The highest BCUT2D eigenvalue weighted by atomic mass is 35.5. The third kappa shape index (κ3) is 4.50. The predicted molar refractivity (Wildman–Crippen MR) is 121 cm³/mol. The molecule has 0 atom stereocenters. The molecule has 2 aliphatic carbocycles. The van der Waals surface area contributed by atoms with Crippen LogP contribution in [0.4, 0.5) is 5.69 Å². The number of halogens is 2. The Labute approximate surface area is 195 Å². The number of benzene rings is 1. The van der Waals surface area contributed by atoms with Gasteiger partial charge in [0, 0.05) is 42.9 Å². The van der Waals surface area contributed by atoms with Gasteiger partial charge in [0.15, 0.2) is 17.3 Å². The number of carbonyl (C=O) groups is 3. The van der Waals surface area contributed by atoms with Gasteiger partial charge < -0.3 is 5.11 Å². The smallest absolute Gasteiger partial charge is 0.288 e. The van der Waals surface area contributed by atoms with E-state index in [1.54, 1.807) is 13.8 Å². The molecule has 0 saturated heterocycles. The maximum absolute atomic E-state index is 13.1. The molecule has 9 heteroatoms. The molecule has 0 heterocycles. The highest BCUT2D eigenvalue weighted by Gasteiger charge is 2.42. The molecular weight excluding hydrogens is 457 g/mol. The third-order valence-corrected chi connectivity index (χ3v) is 6.31. The number of Topliss-reactive ketones (excluding diaryl/α,β-unsaturated/α-hetero) is 3. The molecule has 1 saturated carbocycles. The van der Waals surface area contributed by atoms with E-state index in [4.69, 9.17) is 23.2 Å².